The Morgan fingerprint density at radius 3 is 2.56 bits per heavy atom. The number of anilines is 1. The van der Waals surface area contributed by atoms with Gasteiger partial charge in [0.25, 0.3) is 0 Å². The zero-order valence-electron chi connectivity index (χ0n) is 11.5. The minimum atomic E-state index is 0.614. The van der Waals surface area contributed by atoms with Crippen molar-refractivity contribution in [2.24, 2.45) is 11.7 Å². The summed E-state index contributed by atoms with van der Waals surface area (Å²) in [6.45, 7) is 1.77. The third kappa shape index (κ3) is 3.24. The molecule has 0 heterocycles. The molecule has 1 aromatic carbocycles. The van der Waals surface area contributed by atoms with Gasteiger partial charge in [0.15, 0.2) is 0 Å². The minimum Gasteiger partial charge on any atom is -0.378 e. The molecule has 3 heteroatoms. The second-order valence-corrected chi connectivity index (χ2v) is 5.47. The standard InChI is InChI=1S/C15H25N3/c1-18(2)14-8-6-12(7-9-14)11-17-15-5-3-4-13(15)10-16/h6-9,13,15,17H,3-5,10-11,16H2,1-2H3. The van der Waals surface area contributed by atoms with Crippen LogP contribution >= 0.6 is 0 Å². The second-order valence-electron chi connectivity index (χ2n) is 5.47. The molecule has 0 aliphatic heterocycles. The summed E-state index contributed by atoms with van der Waals surface area (Å²) < 4.78 is 0. The third-order valence-corrected chi connectivity index (χ3v) is 3.98. The van der Waals surface area contributed by atoms with Gasteiger partial charge in [-0.05, 0) is 43.0 Å². The number of nitrogens with one attached hydrogen (secondary N) is 1. The fraction of sp³-hybridized carbons (Fsp3) is 0.600. The number of benzene rings is 1. The first kappa shape index (κ1) is 13.4. The SMILES string of the molecule is CN(C)c1ccc(CNC2CCCC2CN)cc1. The van der Waals surface area contributed by atoms with Crippen LogP contribution in [0.25, 0.3) is 0 Å². The molecule has 1 saturated carbocycles. The lowest BCUT2D eigenvalue weighted by molar-refractivity contribution is 0.406. The molecule has 0 aromatic heterocycles. The van der Waals surface area contributed by atoms with Crippen molar-refractivity contribution in [3.63, 3.8) is 0 Å². The van der Waals surface area contributed by atoms with Crippen LogP contribution in [0.5, 0.6) is 0 Å². The molecule has 2 unspecified atom stereocenters. The van der Waals surface area contributed by atoms with Gasteiger partial charge in [0.1, 0.15) is 0 Å². The Morgan fingerprint density at radius 2 is 1.94 bits per heavy atom. The average molecular weight is 247 g/mol. The van der Waals surface area contributed by atoms with Gasteiger partial charge >= 0.3 is 0 Å². The molecule has 2 rings (SSSR count). The van der Waals surface area contributed by atoms with E-state index in [0.717, 1.165) is 13.1 Å². The average Bonchev–Trinajstić information content (AvgIpc) is 2.84. The van der Waals surface area contributed by atoms with Crippen LogP contribution in [-0.2, 0) is 6.54 Å². The van der Waals surface area contributed by atoms with Crippen molar-refractivity contribution in [2.75, 3.05) is 25.5 Å². The Morgan fingerprint density at radius 1 is 1.22 bits per heavy atom. The largest absolute Gasteiger partial charge is 0.378 e. The Hall–Kier alpha value is -1.06. The zero-order chi connectivity index (χ0) is 13.0. The summed E-state index contributed by atoms with van der Waals surface area (Å²) in [5.41, 5.74) is 8.40. The van der Waals surface area contributed by atoms with Gasteiger partial charge in [0.05, 0.1) is 0 Å². The van der Waals surface area contributed by atoms with Crippen molar-refractivity contribution >= 4 is 5.69 Å². The minimum absolute atomic E-state index is 0.614. The molecule has 18 heavy (non-hydrogen) atoms. The molecule has 0 saturated heterocycles. The highest BCUT2D eigenvalue weighted by Gasteiger charge is 2.25. The van der Waals surface area contributed by atoms with E-state index in [9.17, 15) is 0 Å². The molecule has 3 N–H and O–H groups in total. The summed E-state index contributed by atoms with van der Waals surface area (Å²) in [7, 11) is 4.13. The van der Waals surface area contributed by atoms with Gasteiger partial charge in [-0.15, -0.1) is 0 Å². The number of rotatable bonds is 5. The lowest BCUT2D eigenvalue weighted by Crippen LogP contribution is -2.35. The van der Waals surface area contributed by atoms with E-state index in [0.29, 0.717) is 12.0 Å². The summed E-state index contributed by atoms with van der Waals surface area (Å²) in [6.07, 6.45) is 3.88. The highest BCUT2D eigenvalue weighted by molar-refractivity contribution is 5.45. The van der Waals surface area contributed by atoms with Gasteiger partial charge in [-0.3, -0.25) is 0 Å². The van der Waals surface area contributed by atoms with Crippen LogP contribution in [-0.4, -0.2) is 26.7 Å². The van der Waals surface area contributed by atoms with E-state index in [4.69, 9.17) is 5.73 Å². The summed E-state index contributed by atoms with van der Waals surface area (Å²) in [5.74, 6) is 0.672. The fourth-order valence-corrected chi connectivity index (χ4v) is 2.75. The van der Waals surface area contributed by atoms with Crippen LogP contribution in [0.3, 0.4) is 0 Å². The van der Waals surface area contributed by atoms with Gasteiger partial charge in [-0.2, -0.15) is 0 Å². The van der Waals surface area contributed by atoms with E-state index in [1.54, 1.807) is 0 Å². The number of nitrogens with zero attached hydrogens (tertiary/aromatic N) is 1. The molecule has 1 fully saturated rings. The van der Waals surface area contributed by atoms with Crippen molar-refractivity contribution < 1.29 is 0 Å². The number of hydrogen-bond acceptors (Lipinski definition) is 3. The van der Waals surface area contributed by atoms with Crippen LogP contribution in [0, 0.1) is 5.92 Å². The Bertz CT molecular complexity index is 359. The Balaban J connectivity index is 1.86. The number of nitrogens with two attached hydrogens (primary N) is 1. The van der Waals surface area contributed by atoms with Crippen molar-refractivity contribution in [1.29, 1.82) is 0 Å². The van der Waals surface area contributed by atoms with E-state index in [-0.39, 0.29) is 0 Å². The predicted molar refractivity (Wildman–Crippen MR) is 77.8 cm³/mol. The highest BCUT2D eigenvalue weighted by Crippen LogP contribution is 2.25. The summed E-state index contributed by atoms with van der Waals surface area (Å²) >= 11 is 0. The molecular formula is C15H25N3. The lowest BCUT2D eigenvalue weighted by Gasteiger charge is -2.20. The van der Waals surface area contributed by atoms with Gasteiger partial charge in [-0.1, -0.05) is 18.6 Å². The van der Waals surface area contributed by atoms with Gasteiger partial charge in [0.2, 0.25) is 0 Å². The highest BCUT2D eigenvalue weighted by atomic mass is 15.1. The molecule has 0 bridgehead atoms. The molecule has 0 radical (unpaired) electrons. The second kappa shape index (κ2) is 6.21. The third-order valence-electron chi connectivity index (χ3n) is 3.98. The topological polar surface area (TPSA) is 41.3 Å². The normalized spacial score (nSPS) is 23.3. The van der Waals surface area contributed by atoms with Crippen LogP contribution in [0.15, 0.2) is 24.3 Å². The maximum Gasteiger partial charge on any atom is 0.0361 e. The Kier molecular flexibility index (Phi) is 4.61. The summed E-state index contributed by atoms with van der Waals surface area (Å²) in [5, 5.41) is 3.65. The molecule has 1 aliphatic carbocycles. The van der Waals surface area contributed by atoms with Gasteiger partial charge in [-0.25, -0.2) is 0 Å². The first-order valence-corrected chi connectivity index (χ1v) is 6.90. The molecule has 0 amide bonds. The fourth-order valence-electron chi connectivity index (χ4n) is 2.75. The molecule has 0 spiro atoms. The van der Waals surface area contributed by atoms with Crippen molar-refractivity contribution in [3.8, 4) is 0 Å². The molecule has 2 atom stereocenters. The molecule has 100 valence electrons. The van der Waals surface area contributed by atoms with E-state index >= 15 is 0 Å². The molecule has 3 nitrogen and oxygen atoms in total. The van der Waals surface area contributed by atoms with Crippen molar-refractivity contribution in [3.05, 3.63) is 29.8 Å². The van der Waals surface area contributed by atoms with E-state index in [1.807, 2.05) is 0 Å². The monoisotopic (exact) mass is 247 g/mol. The lowest BCUT2D eigenvalue weighted by atomic mass is 10.0. The molecule has 1 aliphatic rings. The Labute approximate surface area is 110 Å². The van der Waals surface area contributed by atoms with E-state index < -0.39 is 0 Å². The maximum atomic E-state index is 5.80. The number of hydrogen-bond donors (Lipinski definition) is 2. The summed E-state index contributed by atoms with van der Waals surface area (Å²) in [6, 6.07) is 9.37. The van der Waals surface area contributed by atoms with Crippen LogP contribution in [0.2, 0.25) is 0 Å². The first-order valence-electron chi connectivity index (χ1n) is 6.90. The van der Waals surface area contributed by atoms with E-state index in [2.05, 4.69) is 48.6 Å². The van der Waals surface area contributed by atoms with E-state index in [1.165, 1.54) is 30.5 Å². The molecular weight excluding hydrogens is 222 g/mol. The van der Waals surface area contributed by atoms with Gasteiger partial charge < -0.3 is 16.0 Å². The van der Waals surface area contributed by atoms with Gasteiger partial charge in [0, 0.05) is 32.4 Å². The predicted octanol–water partition coefficient (Wildman–Crippen LogP) is 1.97. The maximum absolute atomic E-state index is 5.80. The zero-order valence-corrected chi connectivity index (χ0v) is 11.5. The van der Waals surface area contributed by atoms with Crippen LogP contribution in [0.4, 0.5) is 5.69 Å². The van der Waals surface area contributed by atoms with Crippen molar-refractivity contribution in [2.45, 2.75) is 31.8 Å². The van der Waals surface area contributed by atoms with Crippen LogP contribution in [0.1, 0.15) is 24.8 Å². The summed E-state index contributed by atoms with van der Waals surface area (Å²) in [4.78, 5) is 2.12. The first-order chi connectivity index (χ1) is 8.70. The smallest absolute Gasteiger partial charge is 0.0361 e. The quantitative estimate of drug-likeness (QED) is 0.836. The van der Waals surface area contributed by atoms with Crippen molar-refractivity contribution in [1.82, 2.24) is 5.32 Å². The molecule has 1 aromatic rings. The van der Waals surface area contributed by atoms with Crippen LogP contribution < -0.4 is 16.0 Å².